The number of hydrogen-bond acceptors (Lipinski definition) is 3. The van der Waals surface area contributed by atoms with E-state index in [0.29, 0.717) is 23.8 Å². The van der Waals surface area contributed by atoms with Gasteiger partial charge >= 0.3 is 5.97 Å². The summed E-state index contributed by atoms with van der Waals surface area (Å²) in [5.74, 6) is 0.616. The number of carboxylic acids is 1. The van der Waals surface area contributed by atoms with Crippen LogP contribution in [0.15, 0.2) is 54.6 Å². The van der Waals surface area contributed by atoms with Crippen molar-refractivity contribution in [3.05, 3.63) is 82.7 Å². The van der Waals surface area contributed by atoms with E-state index < -0.39 is 5.97 Å². The van der Waals surface area contributed by atoms with Crippen LogP contribution in [0, 0.1) is 23.1 Å². The highest BCUT2D eigenvalue weighted by molar-refractivity contribution is 5.79. The Morgan fingerprint density at radius 1 is 1.03 bits per heavy atom. The third kappa shape index (κ3) is 4.21. The predicted molar refractivity (Wildman–Crippen MR) is 150 cm³/mol. The quantitative estimate of drug-likeness (QED) is 0.339. The molecule has 3 aliphatic rings. The SMILES string of the molecule is COc1ccc(F)c(-c2ccc(COc3ccc4c(c3)[C@]3(CC4)[C@H](C(=O)O)[C@@H]3C)cc2[C@@H]2CCCC2(C)C)c1. The van der Waals surface area contributed by atoms with E-state index in [1.54, 1.807) is 19.2 Å². The minimum Gasteiger partial charge on any atom is -0.497 e. The summed E-state index contributed by atoms with van der Waals surface area (Å²) in [6.07, 6.45) is 5.20. The molecule has 0 heterocycles. The fourth-order valence-corrected chi connectivity index (χ4v) is 7.78. The summed E-state index contributed by atoms with van der Waals surface area (Å²) in [5.41, 5.74) is 5.95. The fourth-order valence-electron chi connectivity index (χ4n) is 7.78. The molecule has 4 nitrogen and oxygen atoms in total. The third-order valence-corrected chi connectivity index (χ3v) is 10.0. The van der Waals surface area contributed by atoms with Gasteiger partial charge in [0.15, 0.2) is 0 Å². The molecule has 1 N–H and O–H groups in total. The largest absolute Gasteiger partial charge is 0.497 e. The molecule has 2 fully saturated rings. The van der Waals surface area contributed by atoms with E-state index in [4.69, 9.17) is 9.47 Å². The summed E-state index contributed by atoms with van der Waals surface area (Å²) in [5, 5.41) is 9.74. The van der Waals surface area contributed by atoms with Crippen LogP contribution in [-0.4, -0.2) is 18.2 Å². The maximum absolute atomic E-state index is 15.1. The van der Waals surface area contributed by atoms with Crippen molar-refractivity contribution in [3.8, 4) is 22.6 Å². The van der Waals surface area contributed by atoms with E-state index in [1.807, 2.05) is 18.2 Å². The van der Waals surface area contributed by atoms with Gasteiger partial charge in [-0.1, -0.05) is 51.5 Å². The Labute approximate surface area is 230 Å². The lowest BCUT2D eigenvalue weighted by Gasteiger charge is -2.30. The van der Waals surface area contributed by atoms with E-state index in [0.717, 1.165) is 60.1 Å². The molecule has 0 aromatic heterocycles. The lowest BCUT2D eigenvalue weighted by atomic mass is 9.75. The van der Waals surface area contributed by atoms with E-state index in [9.17, 15) is 9.90 Å². The molecule has 39 heavy (non-hydrogen) atoms. The number of ether oxygens (including phenoxy) is 2. The van der Waals surface area contributed by atoms with Crippen molar-refractivity contribution in [1.82, 2.24) is 0 Å². The number of carbonyl (C=O) groups is 1. The van der Waals surface area contributed by atoms with Gasteiger partial charge in [0, 0.05) is 11.0 Å². The molecule has 0 amide bonds. The average Bonchev–Trinajstić information content (AvgIpc) is 3.15. The number of halogens is 1. The number of methoxy groups -OCH3 is 1. The van der Waals surface area contributed by atoms with Gasteiger partial charge in [0.1, 0.15) is 23.9 Å². The van der Waals surface area contributed by atoms with Gasteiger partial charge in [-0.05, 0) is 101 Å². The van der Waals surface area contributed by atoms with Gasteiger partial charge in [-0.15, -0.1) is 0 Å². The molecule has 3 aromatic carbocycles. The maximum Gasteiger partial charge on any atom is 0.307 e. The minimum absolute atomic E-state index is 0.125. The molecular weight excluding hydrogens is 491 g/mol. The van der Waals surface area contributed by atoms with Crippen molar-refractivity contribution < 1.29 is 23.8 Å². The first-order chi connectivity index (χ1) is 18.7. The van der Waals surface area contributed by atoms with Gasteiger partial charge < -0.3 is 14.6 Å². The first-order valence-corrected chi connectivity index (χ1v) is 14.1. The normalized spacial score (nSPS) is 26.4. The second kappa shape index (κ2) is 9.39. The van der Waals surface area contributed by atoms with Gasteiger partial charge in [-0.2, -0.15) is 0 Å². The molecule has 2 saturated carbocycles. The highest BCUT2D eigenvalue weighted by Crippen LogP contribution is 2.66. The number of fused-ring (bicyclic) bond motifs is 2. The van der Waals surface area contributed by atoms with Crippen LogP contribution in [0.4, 0.5) is 4.39 Å². The third-order valence-electron chi connectivity index (χ3n) is 10.0. The van der Waals surface area contributed by atoms with Crippen molar-refractivity contribution in [2.24, 2.45) is 17.3 Å². The van der Waals surface area contributed by atoms with E-state index >= 15 is 4.39 Å². The standard InChI is InChI=1S/C34H37FO4/c1-20-31(32(36)37)34(20)15-13-22-8-9-24(18-29(22)34)39-19-21-7-11-25(27-17-23(38-4)10-12-30(27)35)26(16-21)28-6-5-14-33(28,2)3/h7-12,16-18,20,28,31H,5-6,13-15,19H2,1-4H3,(H,36,37)/t20-,28-,31-,34+/m0/s1. The molecule has 3 aliphatic carbocycles. The van der Waals surface area contributed by atoms with Gasteiger partial charge in [0.2, 0.25) is 0 Å². The number of carboxylic acid groups (broad SMARTS) is 1. The van der Waals surface area contributed by atoms with Gasteiger partial charge in [0.25, 0.3) is 0 Å². The Morgan fingerprint density at radius 2 is 1.82 bits per heavy atom. The molecular formula is C34H37FO4. The molecule has 0 unspecified atom stereocenters. The zero-order valence-corrected chi connectivity index (χ0v) is 23.2. The van der Waals surface area contributed by atoms with Crippen LogP contribution in [0.5, 0.6) is 11.5 Å². The number of aliphatic carboxylic acids is 1. The van der Waals surface area contributed by atoms with E-state index in [1.165, 1.54) is 11.6 Å². The topological polar surface area (TPSA) is 55.8 Å². The summed E-state index contributed by atoms with van der Waals surface area (Å²) in [6, 6.07) is 17.3. The first-order valence-electron chi connectivity index (χ1n) is 14.1. The summed E-state index contributed by atoms with van der Waals surface area (Å²) >= 11 is 0. The van der Waals surface area contributed by atoms with Crippen LogP contribution >= 0.6 is 0 Å². The molecule has 204 valence electrons. The zero-order chi connectivity index (χ0) is 27.5. The zero-order valence-electron chi connectivity index (χ0n) is 23.2. The molecule has 5 heteroatoms. The Morgan fingerprint density at radius 3 is 2.51 bits per heavy atom. The van der Waals surface area contributed by atoms with Crippen LogP contribution in [0.25, 0.3) is 11.1 Å². The number of aryl methyl sites for hydroxylation is 1. The summed E-state index contributed by atoms with van der Waals surface area (Å²) in [6.45, 7) is 7.07. The molecule has 6 rings (SSSR count). The van der Waals surface area contributed by atoms with Crippen LogP contribution in [0.1, 0.15) is 74.6 Å². The Bertz CT molecular complexity index is 1440. The first kappa shape index (κ1) is 25.9. The summed E-state index contributed by atoms with van der Waals surface area (Å²) in [4.78, 5) is 11.9. The van der Waals surface area contributed by atoms with Crippen LogP contribution in [-0.2, 0) is 23.2 Å². The smallest absolute Gasteiger partial charge is 0.307 e. The molecule has 0 saturated heterocycles. The molecule has 0 aliphatic heterocycles. The maximum atomic E-state index is 15.1. The second-order valence-electron chi connectivity index (χ2n) is 12.5. The fraction of sp³-hybridized carbons (Fsp3) is 0.441. The Hall–Kier alpha value is -3.34. The van der Waals surface area contributed by atoms with Crippen LogP contribution < -0.4 is 9.47 Å². The van der Waals surface area contributed by atoms with Crippen LogP contribution in [0.3, 0.4) is 0 Å². The minimum atomic E-state index is -0.698. The van der Waals surface area contributed by atoms with Gasteiger partial charge in [-0.25, -0.2) is 4.39 Å². The summed E-state index contributed by atoms with van der Waals surface area (Å²) < 4.78 is 26.8. The lowest BCUT2D eigenvalue weighted by molar-refractivity contribution is -0.139. The lowest BCUT2D eigenvalue weighted by Crippen LogP contribution is -2.17. The average molecular weight is 529 g/mol. The highest BCUT2D eigenvalue weighted by Gasteiger charge is 2.68. The van der Waals surface area contributed by atoms with Crippen molar-refractivity contribution >= 4 is 5.97 Å². The number of benzene rings is 3. The van der Waals surface area contributed by atoms with Crippen molar-refractivity contribution in [3.63, 3.8) is 0 Å². The molecule has 0 radical (unpaired) electrons. The van der Waals surface area contributed by atoms with Crippen molar-refractivity contribution in [2.75, 3.05) is 7.11 Å². The Balaban J connectivity index is 1.31. The van der Waals surface area contributed by atoms with Crippen LogP contribution in [0.2, 0.25) is 0 Å². The number of hydrogen-bond donors (Lipinski definition) is 1. The Kier molecular flexibility index (Phi) is 6.24. The van der Waals surface area contributed by atoms with Crippen molar-refractivity contribution in [1.29, 1.82) is 0 Å². The predicted octanol–water partition coefficient (Wildman–Crippen LogP) is 7.91. The second-order valence-corrected chi connectivity index (χ2v) is 12.5. The molecule has 0 bridgehead atoms. The number of rotatable bonds is 7. The molecule has 3 aromatic rings. The highest BCUT2D eigenvalue weighted by atomic mass is 19.1. The molecule has 4 atom stereocenters. The summed E-state index contributed by atoms with van der Waals surface area (Å²) in [7, 11) is 1.60. The monoisotopic (exact) mass is 528 g/mol. The molecule has 1 spiro atoms. The van der Waals surface area contributed by atoms with E-state index in [-0.39, 0.29) is 28.5 Å². The van der Waals surface area contributed by atoms with Gasteiger partial charge in [0.05, 0.1) is 13.0 Å². The van der Waals surface area contributed by atoms with E-state index in [2.05, 4.69) is 39.0 Å². The van der Waals surface area contributed by atoms with Crippen molar-refractivity contribution in [2.45, 2.75) is 70.8 Å². The van der Waals surface area contributed by atoms with Gasteiger partial charge in [-0.3, -0.25) is 4.79 Å².